The first kappa shape index (κ1) is 24.2. The van der Waals surface area contributed by atoms with Gasteiger partial charge in [-0.1, -0.05) is 34.6 Å². The topological polar surface area (TPSA) is 78.6 Å². The van der Waals surface area contributed by atoms with Gasteiger partial charge in [-0.3, -0.25) is 9.69 Å². The van der Waals surface area contributed by atoms with Crippen LogP contribution in [0.2, 0.25) is 0 Å². The molecular weight excluding hydrogens is 414 g/mol. The average molecular weight is 456 g/mol. The molecule has 4 rings (SSSR count). The first-order valence-corrected chi connectivity index (χ1v) is 12.4. The quantitative estimate of drug-likeness (QED) is 0.648. The van der Waals surface area contributed by atoms with Gasteiger partial charge in [0.1, 0.15) is 5.52 Å². The van der Waals surface area contributed by atoms with Gasteiger partial charge in [-0.25, -0.2) is 4.98 Å². The number of hydrogen-bond donors (Lipinski definition) is 2. The standard InChI is InChI=1S/C27H41N3O3/c1-25(2,3)18-14-19(17-8-10-26(4,5)11-9-17)29-20-15-21(33-23(18)20)24(32)30-13-12-28-22(31)16-27(30,6)7/h14-15,17,24,32H,8-13,16H2,1-7H3,(H,28,31). The SMILES string of the molecule is CC1(C)CCC(c2cc(C(C)(C)C)c3oc(C(O)N4CCNC(=O)CC4(C)C)cc3n2)CC1. The maximum absolute atomic E-state index is 12.1. The van der Waals surface area contributed by atoms with Gasteiger partial charge in [0, 0.05) is 48.3 Å². The Kier molecular flexibility index (Phi) is 6.15. The molecule has 1 saturated carbocycles. The van der Waals surface area contributed by atoms with E-state index in [1.807, 2.05) is 24.8 Å². The lowest BCUT2D eigenvalue weighted by Gasteiger charge is -2.38. The van der Waals surface area contributed by atoms with Crippen molar-refractivity contribution < 1.29 is 14.3 Å². The van der Waals surface area contributed by atoms with Crippen LogP contribution in [0.1, 0.15) is 110 Å². The van der Waals surface area contributed by atoms with E-state index < -0.39 is 11.8 Å². The molecule has 1 atom stereocenters. The van der Waals surface area contributed by atoms with Gasteiger partial charge < -0.3 is 14.8 Å². The zero-order valence-electron chi connectivity index (χ0n) is 21.4. The lowest BCUT2D eigenvalue weighted by atomic mass is 9.72. The Balaban J connectivity index is 1.72. The lowest BCUT2D eigenvalue weighted by Crippen LogP contribution is -2.46. The van der Waals surface area contributed by atoms with Gasteiger partial charge in [0.25, 0.3) is 0 Å². The predicted molar refractivity (Wildman–Crippen MR) is 131 cm³/mol. The minimum Gasteiger partial charge on any atom is -0.455 e. The van der Waals surface area contributed by atoms with E-state index in [2.05, 4.69) is 46.0 Å². The fourth-order valence-corrected chi connectivity index (χ4v) is 5.43. The van der Waals surface area contributed by atoms with E-state index in [0.717, 1.165) is 35.2 Å². The second-order valence-corrected chi connectivity index (χ2v) is 12.6. The molecule has 2 aromatic heterocycles. The molecule has 0 bridgehead atoms. The van der Waals surface area contributed by atoms with Crippen LogP contribution >= 0.6 is 0 Å². The van der Waals surface area contributed by atoms with Gasteiger partial charge in [0.15, 0.2) is 17.6 Å². The fraction of sp³-hybridized carbons (Fsp3) is 0.704. The number of fused-ring (bicyclic) bond motifs is 1. The zero-order valence-corrected chi connectivity index (χ0v) is 21.4. The van der Waals surface area contributed by atoms with E-state index >= 15 is 0 Å². The van der Waals surface area contributed by atoms with Crippen LogP contribution in [-0.4, -0.2) is 39.5 Å². The fourth-order valence-electron chi connectivity index (χ4n) is 5.43. The van der Waals surface area contributed by atoms with Gasteiger partial charge >= 0.3 is 0 Å². The molecule has 1 saturated heterocycles. The number of aliphatic hydroxyl groups excluding tert-OH is 1. The molecule has 6 nitrogen and oxygen atoms in total. The minimum absolute atomic E-state index is 0.0105. The summed E-state index contributed by atoms with van der Waals surface area (Å²) in [4.78, 5) is 19.1. The third-order valence-corrected chi connectivity index (χ3v) is 7.68. The zero-order chi connectivity index (χ0) is 24.2. The molecule has 2 fully saturated rings. The van der Waals surface area contributed by atoms with Gasteiger partial charge in [-0.15, -0.1) is 0 Å². The van der Waals surface area contributed by atoms with Crippen LogP contribution in [0, 0.1) is 5.41 Å². The number of nitrogens with zero attached hydrogens (tertiary/aromatic N) is 2. The van der Waals surface area contributed by atoms with E-state index in [9.17, 15) is 9.90 Å². The smallest absolute Gasteiger partial charge is 0.221 e. The highest BCUT2D eigenvalue weighted by molar-refractivity contribution is 5.79. The molecule has 1 aliphatic carbocycles. The first-order valence-electron chi connectivity index (χ1n) is 12.4. The van der Waals surface area contributed by atoms with E-state index in [4.69, 9.17) is 9.40 Å². The van der Waals surface area contributed by atoms with Crippen molar-refractivity contribution in [3.05, 3.63) is 29.2 Å². The molecule has 182 valence electrons. The summed E-state index contributed by atoms with van der Waals surface area (Å²) in [6, 6.07) is 4.14. The molecule has 0 spiro atoms. The summed E-state index contributed by atoms with van der Waals surface area (Å²) in [7, 11) is 0. The number of rotatable bonds is 3. The van der Waals surface area contributed by atoms with Crippen molar-refractivity contribution in [2.24, 2.45) is 5.41 Å². The average Bonchev–Trinajstić information content (AvgIpc) is 3.06. The number of pyridine rings is 1. The van der Waals surface area contributed by atoms with E-state index in [1.54, 1.807) is 0 Å². The van der Waals surface area contributed by atoms with Crippen molar-refractivity contribution in [1.29, 1.82) is 0 Å². The minimum atomic E-state index is -0.936. The number of carbonyl (C=O) groups excluding carboxylic acids is 1. The third kappa shape index (κ3) is 4.97. The number of hydrogen-bond acceptors (Lipinski definition) is 5. The third-order valence-electron chi connectivity index (χ3n) is 7.68. The Bertz CT molecular complexity index is 1020. The lowest BCUT2D eigenvalue weighted by molar-refractivity contribution is -0.124. The van der Waals surface area contributed by atoms with Crippen molar-refractivity contribution in [2.45, 2.75) is 104 Å². The Labute approximate surface area is 198 Å². The van der Waals surface area contributed by atoms with Crippen molar-refractivity contribution >= 4 is 17.0 Å². The second-order valence-electron chi connectivity index (χ2n) is 12.6. The van der Waals surface area contributed by atoms with Crippen molar-refractivity contribution in [3.8, 4) is 0 Å². The Morgan fingerprint density at radius 2 is 1.85 bits per heavy atom. The van der Waals surface area contributed by atoms with Gasteiger partial charge in [-0.2, -0.15) is 0 Å². The summed E-state index contributed by atoms with van der Waals surface area (Å²) in [6.07, 6.45) is 4.14. The van der Waals surface area contributed by atoms with Crippen LogP contribution in [-0.2, 0) is 10.2 Å². The molecule has 0 radical (unpaired) electrons. The molecule has 3 heterocycles. The highest BCUT2D eigenvalue weighted by Crippen LogP contribution is 2.44. The summed E-state index contributed by atoms with van der Waals surface area (Å²) >= 11 is 0. The summed E-state index contributed by atoms with van der Waals surface area (Å²) in [5, 5.41) is 14.2. The normalized spacial score (nSPS) is 23.3. The summed E-state index contributed by atoms with van der Waals surface area (Å²) < 4.78 is 6.32. The van der Waals surface area contributed by atoms with E-state index in [0.29, 0.717) is 36.6 Å². The number of aliphatic hydroxyl groups is 1. The highest BCUT2D eigenvalue weighted by Gasteiger charge is 2.38. The number of furan rings is 1. The Hall–Kier alpha value is -1.92. The summed E-state index contributed by atoms with van der Waals surface area (Å²) in [6.45, 7) is 16.4. The molecule has 2 aliphatic rings. The van der Waals surface area contributed by atoms with Crippen molar-refractivity contribution in [2.75, 3.05) is 13.1 Å². The van der Waals surface area contributed by atoms with Crippen LogP contribution in [0.4, 0.5) is 0 Å². The highest BCUT2D eigenvalue weighted by atomic mass is 16.4. The molecule has 1 aliphatic heterocycles. The van der Waals surface area contributed by atoms with Crippen LogP contribution < -0.4 is 5.32 Å². The van der Waals surface area contributed by atoms with Gasteiger partial charge in [0.2, 0.25) is 5.91 Å². The van der Waals surface area contributed by atoms with Gasteiger partial charge in [-0.05, 0) is 56.4 Å². The molecule has 2 aromatic rings. The predicted octanol–water partition coefficient (Wildman–Crippen LogP) is 5.40. The number of nitrogens with one attached hydrogen (secondary N) is 1. The molecule has 1 unspecified atom stereocenters. The Morgan fingerprint density at radius 3 is 2.48 bits per heavy atom. The number of amides is 1. The van der Waals surface area contributed by atoms with Crippen molar-refractivity contribution in [3.63, 3.8) is 0 Å². The van der Waals surface area contributed by atoms with E-state index in [-0.39, 0.29) is 11.3 Å². The molecule has 2 N–H and O–H groups in total. The first-order chi connectivity index (χ1) is 15.3. The summed E-state index contributed by atoms with van der Waals surface area (Å²) in [5.74, 6) is 0.970. The van der Waals surface area contributed by atoms with Crippen LogP contribution in [0.15, 0.2) is 16.5 Å². The monoisotopic (exact) mass is 455 g/mol. The van der Waals surface area contributed by atoms with Crippen LogP contribution in [0.3, 0.4) is 0 Å². The van der Waals surface area contributed by atoms with Crippen molar-refractivity contribution in [1.82, 2.24) is 15.2 Å². The van der Waals surface area contributed by atoms with Crippen LogP contribution in [0.25, 0.3) is 11.1 Å². The van der Waals surface area contributed by atoms with Crippen LogP contribution in [0.5, 0.6) is 0 Å². The van der Waals surface area contributed by atoms with E-state index in [1.165, 1.54) is 12.8 Å². The Morgan fingerprint density at radius 1 is 1.18 bits per heavy atom. The molecule has 1 amide bonds. The second kappa shape index (κ2) is 8.38. The molecule has 33 heavy (non-hydrogen) atoms. The number of carbonyl (C=O) groups is 1. The molecule has 6 heteroatoms. The maximum Gasteiger partial charge on any atom is 0.221 e. The largest absolute Gasteiger partial charge is 0.455 e. The maximum atomic E-state index is 12.1. The van der Waals surface area contributed by atoms with Gasteiger partial charge in [0.05, 0.1) is 0 Å². The molecular formula is C27H41N3O3. The summed E-state index contributed by atoms with van der Waals surface area (Å²) in [5.41, 5.74) is 3.68. The molecule has 0 aromatic carbocycles. The number of aromatic nitrogens is 1.